The molecule has 1 aromatic heterocycles. The lowest BCUT2D eigenvalue weighted by Gasteiger charge is -2.04. The van der Waals surface area contributed by atoms with Gasteiger partial charge in [0.05, 0.1) is 19.0 Å². The van der Waals surface area contributed by atoms with Crippen LogP contribution in [0.2, 0.25) is 0 Å². The van der Waals surface area contributed by atoms with Gasteiger partial charge in [-0.2, -0.15) is 0 Å². The molecule has 0 aliphatic carbocycles. The molecule has 3 rings (SSSR count). The largest absolute Gasteiger partial charge is 0.497 e. The van der Waals surface area contributed by atoms with Gasteiger partial charge in [0.1, 0.15) is 11.6 Å². The van der Waals surface area contributed by atoms with Crippen LogP contribution in [0.5, 0.6) is 5.75 Å². The molecular weight excluding hydrogens is 331 g/mol. The topological polar surface area (TPSA) is 52.0 Å². The van der Waals surface area contributed by atoms with Crippen molar-refractivity contribution in [3.8, 4) is 11.4 Å². The van der Waals surface area contributed by atoms with Crippen LogP contribution < -0.4 is 10.1 Å². The van der Waals surface area contributed by atoms with Crippen LogP contribution in [0.1, 0.15) is 5.56 Å². The summed E-state index contributed by atoms with van der Waals surface area (Å²) in [5.74, 6) is 1.21. The van der Waals surface area contributed by atoms with Crippen LogP contribution in [0.3, 0.4) is 0 Å². The lowest BCUT2D eigenvalue weighted by Crippen LogP contribution is -2.06. The molecule has 0 aliphatic rings. The highest BCUT2D eigenvalue weighted by molar-refractivity contribution is 5.85. The lowest BCUT2D eigenvalue weighted by molar-refractivity contribution is 0.414. The van der Waals surface area contributed by atoms with E-state index in [0.29, 0.717) is 24.3 Å². The zero-order chi connectivity index (χ0) is 16.1. The van der Waals surface area contributed by atoms with Crippen molar-refractivity contribution in [1.29, 1.82) is 0 Å². The number of nitrogens with zero attached hydrogens (tertiary/aromatic N) is 3. The minimum atomic E-state index is -0.186. The van der Waals surface area contributed by atoms with Gasteiger partial charge in [-0.25, -0.2) is 9.07 Å². The monoisotopic (exact) mass is 348 g/mol. The van der Waals surface area contributed by atoms with Gasteiger partial charge in [0.2, 0.25) is 0 Å². The molecule has 0 radical (unpaired) electrons. The van der Waals surface area contributed by atoms with Gasteiger partial charge in [0.15, 0.2) is 5.82 Å². The molecule has 0 saturated heterocycles. The SMILES string of the molecule is COc1cccc(-n2cc(NCCc3ccccc3F)nn2)c1.Cl. The summed E-state index contributed by atoms with van der Waals surface area (Å²) in [6.07, 6.45) is 2.37. The standard InChI is InChI=1S/C17H17FN4O.ClH/c1-23-15-7-4-6-14(11-15)22-12-17(20-21-22)19-10-9-13-5-2-3-8-16(13)18;/h2-8,11-12,19H,9-10H2,1H3;1H. The highest BCUT2D eigenvalue weighted by Gasteiger charge is 2.05. The Bertz CT molecular complexity index is 794. The molecule has 0 bridgehead atoms. The first kappa shape index (κ1) is 17.7. The van der Waals surface area contributed by atoms with Crippen molar-refractivity contribution in [3.63, 3.8) is 0 Å². The van der Waals surface area contributed by atoms with Gasteiger partial charge in [0.25, 0.3) is 0 Å². The third kappa shape index (κ3) is 4.23. The van der Waals surface area contributed by atoms with Crippen molar-refractivity contribution in [2.24, 2.45) is 0 Å². The minimum absolute atomic E-state index is 0. The second-order valence-electron chi connectivity index (χ2n) is 5.02. The summed E-state index contributed by atoms with van der Waals surface area (Å²) in [7, 11) is 1.62. The zero-order valence-corrected chi connectivity index (χ0v) is 14.0. The average Bonchev–Trinajstić information content (AvgIpc) is 3.06. The fraction of sp³-hybridized carbons (Fsp3) is 0.176. The number of aromatic nitrogens is 3. The molecule has 24 heavy (non-hydrogen) atoms. The maximum Gasteiger partial charge on any atom is 0.169 e. The van der Waals surface area contributed by atoms with Crippen molar-refractivity contribution >= 4 is 18.2 Å². The normalized spacial score (nSPS) is 10.1. The molecule has 0 spiro atoms. The fourth-order valence-corrected chi connectivity index (χ4v) is 2.25. The number of benzene rings is 2. The van der Waals surface area contributed by atoms with Gasteiger partial charge < -0.3 is 10.1 Å². The van der Waals surface area contributed by atoms with Crippen molar-refractivity contribution in [2.45, 2.75) is 6.42 Å². The molecular formula is C17H18ClFN4O. The fourth-order valence-electron chi connectivity index (χ4n) is 2.25. The number of halogens is 2. The van der Waals surface area contributed by atoms with E-state index in [2.05, 4.69) is 15.6 Å². The van der Waals surface area contributed by atoms with Crippen LogP contribution in [-0.2, 0) is 6.42 Å². The summed E-state index contributed by atoms with van der Waals surface area (Å²) in [5.41, 5.74) is 1.54. The Morgan fingerprint density at radius 3 is 2.79 bits per heavy atom. The van der Waals surface area contributed by atoms with Crippen LogP contribution in [0.15, 0.2) is 54.7 Å². The highest BCUT2D eigenvalue weighted by atomic mass is 35.5. The minimum Gasteiger partial charge on any atom is -0.497 e. The predicted molar refractivity (Wildman–Crippen MR) is 93.8 cm³/mol. The number of methoxy groups -OCH3 is 1. The van der Waals surface area contributed by atoms with E-state index in [1.807, 2.05) is 30.3 Å². The van der Waals surface area contributed by atoms with Crippen molar-refractivity contribution < 1.29 is 9.13 Å². The van der Waals surface area contributed by atoms with E-state index in [9.17, 15) is 4.39 Å². The van der Waals surface area contributed by atoms with E-state index in [1.54, 1.807) is 30.1 Å². The Morgan fingerprint density at radius 1 is 1.17 bits per heavy atom. The molecule has 2 aromatic carbocycles. The van der Waals surface area contributed by atoms with Crippen LogP contribution in [0.25, 0.3) is 5.69 Å². The number of hydrogen-bond donors (Lipinski definition) is 1. The van der Waals surface area contributed by atoms with E-state index in [4.69, 9.17) is 4.74 Å². The zero-order valence-electron chi connectivity index (χ0n) is 13.1. The Hall–Kier alpha value is -2.60. The summed E-state index contributed by atoms with van der Waals surface area (Å²) in [6, 6.07) is 14.3. The quantitative estimate of drug-likeness (QED) is 0.741. The molecule has 1 heterocycles. The third-order valence-corrected chi connectivity index (χ3v) is 3.47. The molecule has 126 valence electrons. The summed E-state index contributed by atoms with van der Waals surface area (Å²) >= 11 is 0. The maximum absolute atomic E-state index is 13.5. The van der Waals surface area contributed by atoms with Crippen LogP contribution >= 0.6 is 12.4 Å². The molecule has 0 amide bonds. The Balaban J connectivity index is 0.00000208. The molecule has 1 N–H and O–H groups in total. The molecule has 0 atom stereocenters. The van der Waals surface area contributed by atoms with E-state index >= 15 is 0 Å². The molecule has 0 fully saturated rings. The van der Waals surface area contributed by atoms with E-state index in [1.165, 1.54) is 6.07 Å². The van der Waals surface area contributed by atoms with Gasteiger partial charge in [-0.3, -0.25) is 0 Å². The highest BCUT2D eigenvalue weighted by Crippen LogP contribution is 2.16. The van der Waals surface area contributed by atoms with Gasteiger partial charge in [-0.1, -0.05) is 29.5 Å². The Morgan fingerprint density at radius 2 is 2.00 bits per heavy atom. The van der Waals surface area contributed by atoms with Crippen LogP contribution in [0, 0.1) is 5.82 Å². The first-order chi connectivity index (χ1) is 11.3. The molecule has 0 saturated carbocycles. The molecule has 0 aliphatic heterocycles. The van der Waals surface area contributed by atoms with Crippen LogP contribution in [-0.4, -0.2) is 28.6 Å². The number of rotatable bonds is 6. The number of ether oxygens (including phenoxy) is 1. The lowest BCUT2D eigenvalue weighted by atomic mass is 10.1. The smallest absolute Gasteiger partial charge is 0.169 e. The number of nitrogens with one attached hydrogen (secondary N) is 1. The molecule has 0 unspecified atom stereocenters. The second kappa shape index (κ2) is 8.31. The van der Waals surface area contributed by atoms with E-state index in [0.717, 1.165) is 11.4 Å². The first-order valence-corrected chi connectivity index (χ1v) is 7.30. The summed E-state index contributed by atoms with van der Waals surface area (Å²) in [6.45, 7) is 0.581. The van der Waals surface area contributed by atoms with Gasteiger partial charge in [0, 0.05) is 12.6 Å². The van der Waals surface area contributed by atoms with E-state index < -0.39 is 0 Å². The second-order valence-corrected chi connectivity index (χ2v) is 5.02. The first-order valence-electron chi connectivity index (χ1n) is 7.30. The Labute approximate surface area is 145 Å². The van der Waals surface area contributed by atoms with Crippen molar-refractivity contribution in [3.05, 3.63) is 66.1 Å². The number of hydrogen-bond acceptors (Lipinski definition) is 4. The van der Waals surface area contributed by atoms with Gasteiger partial charge >= 0.3 is 0 Å². The van der Waals surface area contributed by atoms with Crippen LogP contribution in [0.4, 0.5) is 10.2 Å². The molecule has 5 nitrogen and oxygen atoms in total. The Kier molecular flexibility index (Phi) is 6.14. The molecule has 7 heteroatoms. The van der Waals surface area contributed by atoms with Crippen molar-refractivity contribution in [2.75, 3.05) is 19.0 Å². The van der Waals surface area contributed by atoms with Crippen molar-refractivity contribution in [1.82, 2.24) is 15.0 Å². The third-order valence-electron chi connectivity index (χ3n) is 3.47. The predicted octanol–water partition coefficient (Wildman–Crippen LogP) is 3.49. The van der Waals surface area contributed by atoms with Gasteiger partial charge in [-0.05, 0) is 30.2 Å². The van der Waals surface area contributed by atoms with E-state index in [-0.39, 0.29) is 18.2 Å². The summed E-state index contributed by atoms with van der Waals surface area (Å²) in [4.78, 5) is 0. The summed E-state index contributed by atoms with van der Waals surface area (Å²) in [5, 5.41) is 11.3. The average molecular weight is 349 g/mol. The summed E-state index contributed by atoms with van der Waals surface area (Å²) < 4.78 is 20.4. The molecule has 3 aromatic rings. The number of anilines is 1. The maximum atomic E-state index is 13.5. The van der Waals surface area contributed by atoms with Gasteiger partial charge in [-0.15, -0.1) is 17.5 Å².